The van der Waals surface area contributed by atoms with Crippen molar-refractivity contribution in [1.29, 1.82) is 5.26 Å². The van der Waals surface area contributed by atoms with Gasteiger partial charge in [-0.2, -0.15) is 5.26 Å². The average molecular weight is 409 g/mol. The second-order valence-corrected chi connectivity index (χ2v) is 6.95. The Hall–Kier alpha value is -4.44. The first-order chi connectivity index (χ1) is 15.1. The molecular weight excluding hydrogens is 390 g/mol. The van der Waals surface area contributed by atoms with Crippen molar-refractivity contribution in [2.75, 3.05) is 17.3 Å². The van der Waals surface area contributed by atoms with Crippen LogP contribution in [0.25, 0.3) is 0 Å². The van der Waals surface area contributed by atoms with Gasteiger partial charge >= 0.3 is 6.03 Å². The number of aliphatic imine (C=N–C) groups is 1. The van der Waals surface area contributed by atoms with Gasteiger partial charge in [0.1, 0.15) is 0 Å². The summed E-state index contributed by atoms with van der Waals surface area (Å²) >= 11 is 0. The van der Waals surface area contributed by atoms with Crippen LogP contribution in [0.2, 0.25) is 0 Å². The molecule has 152 valence electrons. The summed E-state index contributed by atoms with van der Waals surface area (Å²) in [6.45, 7) is 0. The van der Waals surface area contributed by atoms with Gasteiger partial charge < -0.3 is 15.5 Å². The minimum atomic E-state index is -1.11. The Kier molecular flexibility index (Phi) is 5.45. The fourth-order valence-electron chi connectivity index (χ4n) is 3.36. The molecule has 0 unspecified atom stereocenters. The maximum Gasteiger partial charge on any atom is 0.321 e. The Labute approximate surface area is 179 Å². The van der Waals surface area contributed by atoms with Crippen molar-refractivity contribution in [1.82, 2.24) is 5.32 Å². The predicted octanol–water partition coefficient (Wildman–Crippen LogP) is 3.52. The van der Waals surface area contributed by atoms with Crippen LogP contribution in [0.15, 0.2) is 83.9 Å². The van der Waals surface area contributed by atoms with Crippen LogP contribution in [0.5, 0.6) is 0 Å². The van der Waals surface area contributed by atoms with E-state index in [9.17, 15) is 9.59 Å². The van der Waals surface area contributed by atoms with Gasteiger partial charge in [-0.25, -0.2) is 9.79 Å². The van der Waals surface area contributed by atoms with Crippen LogP contribution in [0.3, 0.4) is 0 Å². The lowest BCUT2D eigenvalue weighted by molar-refractivity contribution is -0.119. The normalized spacial score (nSPS) is 15.2. The molecule has 1 heterocycles. The molecule has 0 aromatic heterocycles. The third-order valence-corrected chi connectivity index (χ3v) is 4.93. The number of hydrogen-bond donors (Lipinski definition) is 2. The molecule has 0 saturated carbocycles. The van der Waals surface area contributed by atoms with Gasteiger partial charge in [-0.3, -0.25) is 4.79 Å². The number of amides is 3. The molecule has 1 atom stereocenters. The van der Waals surface area contributed by atoms with Gasteiger partial charge in [0.2, 0.25) is 6.17 Å². The summed E-state index contributed by atoms with van der Waals surface area (Å²) in [7, 11) is 1.66. The molecule has 3 aromatic rings. The maximum atomic E-state index is 13.1. The number of carbonyl (C=O) groups is 2. The van der Waals surface area contributed by atoms with E-state index >= 15 is 0 Å². The van der Waals surface area contributed by atoms with Crippen molar-refractivity contribution < 1.29 is 9.59 Å². The molecule has 0 bridgehead atoms. The molecule has 2 N–H and O–H groups in total. The van der Waals surface area contributed by atoms with Crippen molar-refractivity contribution in [3.63, 3.8) is 0 Å². The van der Waals surface area contributed by atoms with Crippen molar-refractivity contribution in [3.05, 3.63) is 95.6 Å². The van der Waals surface area contributed by atoms with Crippen molar-refractivity contribution >= 4 is 29.0 Å². The highest BCUT2D eigenvalue weighted by molar-refractivity contribution is 6.20. The minimum Gasteiger partial charge on any atom is -0.311 e. The lowest BCUT2D eigenvalue weighted by atomic mass is 10.0. The number of carbonyl (C=O) groups excluding carboxylic acids is 2. The van der Waals surface area contributed by atoms with Crippen LogP contribution in [-0.4, -0.2) is 30.9 Å². The Bertz CT molecular complexity index is 1200. The topological polar surface area (TPSA) is 97.6 Å². The quantitative estimate of drug-likeness (QED) is 0.693. The van der Waals surface area contributed by atoms with E-state index in [0.29, 0.717) is 22.6 Å². The van der Waals surface area contributed by atoms with Crippen LogP contribution in [0.4, 0.5) is 16.2 Å². The van der Waals surface area contributed by atoms with Gasteiger partial charge in [-0.1, -0.05) is 48.5 Å². The van der Waals surface area contributed by atoms with E-state index in [4.69, 9.17) is 5.26 Å². The fourth-order valence-corrected chi connectivity index (χ4v) is 3.36. The molecule has 3 amide bonds. The summed E-state index contributed by atoms with van der Waals surface area (Å²) in [4.78, 5) is 31.8. The van der Waals surface area contributed by atoms with Crippen LogP contribution in [-0.2, 0) is 4.79 Å². The van der Waals surface area contributed by atoms with Gasteiger partial charge in [0.25, 0.3) is 5.91 Å². The number of urea groups is 1. The SMILES string of the molecule is CN1C(=O)[C@@H](NC(=O)Nc2ccc(C#N)cc2)N=C(c2ccccc2)c2ccccc21. The monoisotopic (exact) mass is 409 g/mol. The summed E-state index contributed by atoms with van der Waals surface area (Å²) in [5.74, 6) is -0.353. The van der Waals surface area contributed by atoms with Crippen LogP contribution >= 0.6 is 0 Å². The maximum absolute atomic E-state index is 13.1. The smallest absolute Gasteiger partial charge is 0.311 e. The number of anilines is 2. The number of nitriles is 1. The number of nitrogens with one attached hydrogen (secondary N) is 2. The molecule has 1 aliphatic rings. The molecule has 31 heavy (non-hydrogen) atoms. The van der Waals surface area contributed by atoms with Gasteiger partial charge in [-0.15, -0.1) is 0 Å². The molecule has 4 rings (SSSR count). The van der Waals surface area contributed by atoms with E-state index in [0.717, 1.165) is 11.1 Å². The van der Waals surface area contributed by atoms with E-state index in [-0.39, 0.29) is 5.91 Å². The number of benzene rings is 3. The second-order valence-electron chi connectivity index (χ2n) is 6.95. The predicted molar refractivity (Wildman–Crippen MR) is 119 cm³/mol. The lowest BCUT2D eigenvalue weighted by Crippen LogP contribution is -2.47. The zero-order valence-electron chi connectivity index (χ0n) is 16.7. The van der Waals surface area contributed by atoms with Crippen LogP contribution in [0, 0.1) is 11.3 Å². The summed E-state index contributed by atoms with van der Waals surface area (Å²) < 4.78 is 0. The third-order valence-electron chi connectivity index (χ3n) is 4.93. The number of likely N-dealkylation sites (N-methyl/N-ethyl adjacent to an activating group) is 1. The highest BCUT2D eigenvalue weighted by Crippen LogP contribution is 2.27. The van der Waals surface area contributed by atoms with Gasteiger partial charge in [-0.05, 0) is 30.3 Å². The molecule has 0 spiro atoms. The summed E-state index contributed by atoms with van der Waals surface area (Å²) in [6.07, 6.45) is -1.11. The van der Waals surface area contributed by atoms with Crippen LogP contribution in [0.1, 0.15) is 16.7 Å². The summed E-state index contributed by atoms with van der Waals surface area (Å²) in [5, 5.41) is 14.2. The molecule has 3 aromatic carbocycles. The lowest BCUT2D eigenvalue weighted by Gasteiger charge is -2.21. The molecule has 7 nitrogen and oxygen atoms in total. The number of benzodiazepines with no additional fused rings is 1. The highest BCUT2D eigenvalue weighted by atomic mass is 16.2. The number of nitrogens with zero attached hydrogens (tertiary/aromatic N) is 3. The largest absolute Gasteiger partial charge is 0.321 e. The number of para-hydroxylation sites is 1. The number of hydrogen-bond acceptors (Lipinski definition) is 4. The zero-order valence-corrected chi connectivity index (χ0v) is 16.7. The number of rotatable bonds is 3. The van der Waals surface area contributed by atoms with Crippen LogP contribution < -0.4 is 15.5 Å². The first-order valence-corrected chi connectivity index (χ1v) is 9.64. The Balaban J connectivity index is 1.66. The zero-order chi connectivity index (χ0) is 21.8. The first kappa shape index (κ1) is 19.9. The molecular formula is C24H19N5O2. The second kappa shape index (κ2) is 8.51. The first-order valence-electron chi connectivity index (χ1n) is 9.64. The number of fused-ring (bicyclic) bond motifs is 1. The average Bonchev–Trinajstić information content (AvgIpc) is 2.91. The standard InChI is InChI=1S/C24H19N5O2/c1-29-20-10-6-5-9-19(20)21(17-7-3-2-4-8-17)27-22(23(29)30)28-24(31)26-18-13-11-16(15-25)12-14-18/h2-14,22H,1H3,(H2,26,28,31)/t22-/m1/s1. The Morgan fingerprint density at radius 2 is 1.68 bits per heavy atom. The summed E-state index contributed by atoms with van der Waals surface area (Å²) in [6, 6.07) is 24.9. The highest BCUT2D eigenvalue weighted by Gasteiger charge is 2.30. The van der Waals surface area contributed by atoms with E-state index < -0.39 is 12.2 Å². The molecule has 1 aliphatic heterocycles. The van der Waals surface area contributed by atoms with Gasteiger partial charge in [0.05, 0.1) is 23.0 Å². The Morgan fingerprint density at radius 3 is 2.39 bits per heavy atom. The third kappa shape index (κ3) is 4.14. The van der Waals surface area contributed by atoms with Gasteiger partial charge in [0, 0.05) is 23.9 Å². The van der Waals surface area contributed by atoms with E-state index in [1.54, 1.807) is 31.3 Å². The molecule has 7 heteroatoms. The van der Waals surface area contributed by atoms with Crippen molar-refractivity contribution in [2.45, 2.75) is 6.17 Å². The van der Waals surface area contributed by atoms with E-state index in [1.165, 1.54) is 4.90 Å². The minimum absolute atomic E-state index is 0.353. The molecule has 0 fully saturated rings. The van der Waals surface area contributed by atoms with Gasteiger partial charge in [0.15, 0.2) is 0 Å². The van der Waals surface area contributed by atoms with E-state index in [1.807, 2.05) is 60.7 Å². The van der Waals surface area contributed by atoms with Crippen molar-refractivity contribution in [3.8, 4) is 6.07 Å². The Morgan fingerprint density at radius 1 is 1.00 bits per heavy atom. The van der Waals surface area contributed by atoms with Crippen molar-refractivity contribution in [2.24, 2.45) is 4.99 Å². The fraction of sp³-hybridized carbons (Fsp3) is 0.0833. The molecule has 0 saturated heterocycles. The molecule has 0 aliphatic carbocycles. The summed E-state index contributed by atoms with van der Waals surface area (Å²) in [5.41, 5.74) is 3.98. The van der Waals surface area contributed by atoms with E-state index in [2.05, 4.69) is 15.6 Å². The molecule has 0 radical (unpaired) electrons.